The normalized spacial score (nSPS) is 10.9. The maximum Gasteiger partial charge on any atom is 0.138 e. The SMILES string of the molecule is CNc1nc(CCCOC)nc2sccc12. The minimum Gasteiger partial charge on any atom is -0.385 e. The van der Waals surface area contributed by atoms with Crippen LogP contribution in [0.25, 0.3) is 10.2 Å². The first-order valence-corrected chi connectivity index (χ1v) is 6.14. The fourth-order valence-corrected chi connectivity index (χ4v) is 2.36. The van der Waals surface area contributed by atoms with E-state index in [9.17, 15) is 0 Å². The van der Waals surface area contributed by atoms with E-state index in [2.05, 4.69) is 15.3 Å². The van der Waals surface area contributed by atoms with Gasteiger partial charge in [0.1, 0.15) is 16.5 Å². The van der Waals surface area contributed by atoms with Gasteiger partial charge in [-0.1, -0.05) is 0 Å². The van der Waals surface area contributed by atoms with Gasteiger partial charge in [-0.15, -0.1) is 11.3 Å². The topological polar surface area (TPSA) is 47.0 Å². The summed E-state index contributed by atoms with van der Waals surface area (Å²) in [6.07, 6.45) is 1.81. The summed E-state index contributed by atoms with van der Waals surface area (Å²) >= 11 is 1.65. The van der Waals surface area contributed by atoms with E-state index >= 15 is 0 Å². The Morgan fingerprint density at radius 3 is 3.06 bits per heavy atom. The predicted octanol–water partition coefficient (Wildman–Crippen LogP) is 2.31. The van der Waals surface area contributed by atoms with E-state index in [1.54, 1.807) is 18.4 Å². The van der Waals surface area contributed by atoms with Crippen molar-refractivity contribution in [3.05, 3.63) is 17.3 Å². The molecule has 5 heteroatoms. The van der Waals surface area contributed by atoms with Crippen molar-refractivity contribution in [3.8, 4) is 0 Å². The molecular weight excluding hydrogens is 222 g/mol. The first-order chi connectivity index (χ1) is 7.85. The highest BCUT2D eigenvalue weighted by Crippen LogP contribution is 2.24. The maximum atomic E-state index is 5.02. The lowest BCUT2D eigenvalue weighted by atomic mass is 10.3. The molecule has 0 aromatic carbocycles. The van der Waals surface area contributed by atoms with Gasteiger partial charge in [0, 0.05) is 27.2 Å². The van der Waals surface area contributed by atoms with Crippen LogP contribution >= 0.6 is 11.3 Å². The summed E-state index contributed by atoms with van der Waals surface area (Å²) in [4.78, 5) is 10.1. The number of ether oxygens (including phenoxy) is 1. The van der Waals surface area contributed by atoms with Crippen molar-refractivity contribution < 1.29 is 4.74 Å². The molecule has 0 spiro atoms. The third-order valence-electron chi connectivity index (χ3n) is 2.36. The van der Waals surface area contributed by atoms with Crippen molar-refractivity contribution in [2.75, 3.05) is 26.1 Å². The van der Waals surface area contributed by atoms with Gasteiger partial charge >= 0.3 is 0 Å². The molecule has 2 rings (SSSR count). The quantitative estimate of drug-likeness (QED) is 0.811. The third kappa shape index (κ3) is 2.31. The van der Waals surface area contributed by atoms with E-state index in [0.717, 1.165) is 41.3 Å². The average molecular weight is 237 g/mol. The molecule has 0 fully saturated rings. The molecule has 1 N–H and O–H groups in total. The molecule has 0 aliphatic carbocycles. The summed E-state index contributed by atoms with van der Waals surface area (Å²) in [6, 6.07) is 2.05. The zero-order valence-corrected chi connectivity index (χ0v) is 10.3. The van der Waals surface area contributed by atoms with Gasteiger partial charge < -0.3 is 10.1 Å². The lowest BCUT2D eigenvalue weighted by Gasteiger charge is -2.04. The van der Waals surface area contributed by atoms with Gasteiger partial charge in [0.2, 0.25) is 0 Å². The molecule has 0 unspecified atom stereocenters. The minimum absolute atomic E-state index is 0.751. The van der Waals surface area contributed by atoms with Gasteiger partial charge in [-0.05, 0) is 17.9 Å². The lowest BCUT2D eigenvalue weighted by Crippen LogP contribution is -2.02. The van der Waals surface area contributed by atoms with E-state index in [-0.39, 0.29) is 0 Å². The van der Waals surface area contributed by atoms with Crippen molar-refractivity contribution in [1.29, 1.82) is 0 Å². The molecule has 86 valence electrons. The zero-order chi connectivity index (χ0) is 11.4. The largest absolute Gasteiger partial charge is 0.385 e. The molecule has 0 saturated heterocycles. The average Bonchev–Trinajstić information content (AvgIpc) is 2.76. The Morgan fingerprint density at radius 1 is 1.44 bits per heavy atom. The molecule has 0 aliphatic rings. The predicted molar refractivity (Wildman–Crippen MR) is 67.2 cm³/mol. The number of fused-ring (bicyclic) bond motifs is 1. The second-order valence-electron chi connectivity index (χ2n) is 3.47. The molecule has 0 saturated carbocycles. The number of hydrogen-bond donors (Lipinski definition) is 1. The molecule has 4 nitrogen and oxygen atoms in total. The van der Waals surface area contributed by atoms with Crippen LogP contribution in [0.2, 0.25) is 0 Å². The first kappa shape index (κ1) is 11.3. The van der Waals surface area contributed by atoms with Crippen LogP contribution in [0.3, 0.4) is 0 Å². The molecule has 16 heavy (non-hydrogen) atoms. The number of nitrogens with zero attached hydrogens (tertiary/aromatic N) is 2. The second kappa shape index (κ2) is 5.23. The highest BCUT2D eigenvalue weighted by molar-refractivity contribution is 7.16. The molecule has 0 bridgehead atoms. The molecule has 0 radical (unpaired) electrons. The Hall–Kier alpha value is -1.20. The van der Waals surface area contributed by atoms with Crippen LogP contribution in [0.4, 0.5) is 5.82 Å². The van der Waals surface area contributed by atoms with Crippen LogP contribution in [0, 0.1) is 0 Å². The number of rotatable bonds is 5. The van der Waals surface area contributed by atoms with Crippen LogP contribution in [0.5, 0.6) is 0 Å². The van der Waals surface area contributed by atoms with E-state index in [1.807, 2.05) is 18.5 Å². The summed E-state index contributed by atoms with van der Waals surface area (Å²) in [6.45, 7) is 0.751. The van der Waals surface area contributed by atoms with Gasteiger partial charge in [-0.25, -0.2) is 9.97 Å². The fraction of sp³-hybridized carbons (Fsp3) is 0.455. The number of hydrogen-bond acceptors (Lipinski definition) is 5. The van der Waals surface area contributed by atoms with Gasteiger partial charge in [0.15, 0.2) is 0 Å². The number of aromatic nitrogens is 2. The van der Waals surface area contributed by atoms with E-state index in [0.29, 0.717) is 0 Å². The monoisotopic (exact) mass is 237 g/mol. The Morgan fingerprint density at radius 2 is 2.31 bits per heavy atom. The molecule has 2 heterocycles. The summed E-state index contributed by atoms with van der Waals surface area (Å²) in [5, 5.41) is 6.25. The van der Waals surface area contributed by atoms with Crippen molar-refractivity contribution in [2.24, 2.45) is 0 Å². The Kier molecular flexibility index (Phi) is 3.69. The number of aryl methyl sites for hydroxylation is 1. The molecular formula is C11H15N3OS. The smallest absolute Gasteiger partial charge is 0.138 e. The van der Waals surface area contributed by atoms with Crippen LogP contribution in [-0.4, -0.2) is 30.7 Å². The Labute approximate surface area is 98.7 Å². The summed E-state index contributed by atoms with van der Waals surface area (Å²) in [5.74, 6) is 1.80. The van der Waals surface area contributed by atoms with Crippen LogP contribution < -0.4 is 5.32 Å². The van der Waals surface area contributed by atoms with Crippen LogP contribution in [0.15, 0.2) is 11.4 Å². The number of nitrogens with one attached hydrogen (secondary N) is 1. The molecule has 2 aromatic heterocycles. The minimum atomic E-state index is 0.751. The second-order valence-corrected chi connectivity index (χ2v) is 4.37. The van der Waals surface area contributed by atoms with E-state index < -0.39 is 0 Å². The number of methoxy groups -OCH3 is 1. The van der Waals surface area contributed by atoms with Crippen LogP contribution in [-0.2, 0) is 11.2 Å². The number of anilines is 1. The number of thiophene rings is 1. The summed E-state index contributed by atoms with van der Waals surface area (Å²) < 4.78 is 5.02. The fourth-order valence-electron chi connectivity index (χ4n) is 1.58. The zero-order valence-electron chi connectivity index (χ0n) is 9.49. The first-order valence-electron chi connectivity index (χ1n) is 5.26. The van der Waals surface area contributed by atoms with Gasteiger partial charge in [0.05, 0.1) is 5.39 Å². The van der Waals surface area contributed by atoms with Crippen molar-refractivity contribution in [1.82, 2.24) is 9.97 Å². The van der Waals surface area contributed by atoms with E-state index in [4.69, 9.17) is 4.74 Å². The standard InChI is InChI=1S/C11H15N3OS/c1-12-10-8-5-7-16-11(8)14-9(13-10)4-3-6-15-2/h5,7H,3-4,6H2,1-2H3,(H,12,13,14). The summed E-state index contributed by atoms with van der Waals surface area (Å²) in [7, 11) is 3.60. The van der Waals surface area contributed by atoms with Gasteiger partial charge in [-0.3, -0.25) is 0 Å². The van der Waals surface area contributed by atoms with Crippen molar-refractivity contribution >= 4 is 27.4 Å². The molecule has 0 atom stereocenters. The summed E-state index contributed by atoms with van der Waals surface area (Å²) in [5.41, 5.74) is 0. The lowest BCUT2D eigenvalue weighted by molar-refractivity contribution is 0.194. The molecule has 2 aromatic rings. The molecule has 0 aliphatic heterocycles. The van der Waals surface area contributed by atoms with Gasteiger partial charge in [-0.2, -0.15) is 0 Å². The Bertz CT molecular complexity index is 469. The molecule has 0 amide bonds. The Balaban J connectivity index is 2.25. The third-order valence-corrected chi connectivity index (χ3v) is 3.16. The van der Waals surface area contributed by atoms with E-state index in [1.165, 1.54) is 0 Å². The van der Waals surface area contributed by atoms with Crippen LogP contribution in [0.1, 0.15) is 12.2 Å². The van der Waals surface area contributed by atoms with Crippen molar-refractivity contribution in [2.45, 2.75) is 12.8 Å². The highest BCUT2D eigenvalue weighted by Gasteiger charge is 2.07. The highest BCUT2D eigenvalue weighted by atomic mass is 32.1. The van der Waals surface area contributed by atoms with Crippen molar-refractivity contribution in [3.63, 3.8) is 0 Å². The van der Waals surface area contributed by atoms with Gasteiger partial charge in [0.25, 0.3) is 0 Å². The maximum absolute atomic E-state index is 5.02.